The van der Waals surface area contributed by atoms with Crippen LogP contribution in [-0.4, -0.2) is 8.42 Å². The lowest BCUT2D eigenvalue weighted by atomic mass is 10.3. The van der Waals surface area contributed by atoms with Gasteiger partial charge in [-0.15, -0.1) is 0 Å². The van der Waals surface area contributed by atoms with Crippen LogP contribution in [0.3, 0.4) is 0 Å². The average molecular weight is 381 g/mol. The molecular formula is C12H8BrCl2NO2S. The molecule has 0 unspecified atom stereocenters. The van der Waals surface area contributed by atoms with E-state index in [1.54, 1.807) is 24.3 Å². The Balaban J connectivity index is 2.40. The highest BCUT2D eigenvalue weighted by Crippen LogP contribution is 2.27. The Bertz CT molecular complexity index is 719. The average Bonchev–Trinajstić information content (AvgIpc) is 2.31. The van der Waals surface area contributed by atoms with Crippen LogP contribution in [0, 0.1) is 0 Å². The van der Waals surface area contributed by atoms with E-state index in [2.05, 4.69) is 20.7 Å². The second-order valence-electron chi connectivity index (χ2n) is 3.69. The van der Waals surface area contributed by atoms with Gasteiger partial charge in [0.05, 0.1) is 5.02 Å². The van der Waals surface area contributed by atoms with Gasteiger partial charge in [-0.1, -0.05) is 45.2 Å². The summed E-state index contributed by atoms with van der Waals surface area (Å²) in [6.07, 6.45) is 0. The minimum atomic E-state index is -3.77. The summed E-state index contributed by atoms with van der Waals surface area (Å²) in [5.41, 5.74) is 0.436. The first-order chi connectivity index (χ1) is 8.88. The van der Waals surface area contributed by atoms with Crippen LogP contribution < -0.4 is 4.72 Å². The van der Waals surface area contributed by atoms with Gasteiger partial charge >= 0.3 is 0 Å². The lowest BCUT2D eigenvalue weighted by molar-refractivity contribution is 0.601. The molecule has 1 N–H and O–H groups in total. The molecule has 0 spiro atoms. The second-order valence-corrected chi connectivity index (χ2v) is 7.10. The Hall–Kier alpha value is -0.750. The molecule has 0 aromatic heterocycles. The van der Waals surface area contributed by atoms with Crippen molar-refractivity contribution in [1.82, 2.24) is 0 Å². The molecule has 100 valence electrons. The molecule has 0 fully saturated rings. The van der Waals surface area contributed by atoms with Crippen molar-refractivity contribution >= 4 is 54.8 Å². The molecule has 2 aromatic carbocycles. The molecule has 0 radical (unpaired) electrons. The fourth-order valence-electron chi connectivity index (χ4n) is 1.45. The van der Waals surface area contributed by atoms with Gasteiger partial charge < -0.3 is 0 Å². The highest BCUT2D eigenvalue weighted by Gasteiger charge is 2.18. The highest BCUT2D eigenvalue weighted by atomic mass is 79.9. The molecule has 19 heavy (non-hydrogen) atoms. The summed E-state index contributed by atoms with van der Waals surface area (Å²) >= 11 is 15.0. The van der Waals surface area contributed by atoms with Crippen molar-refractivity contribution in [3.8, 4) is 0 Å². The Kier molecular flexibility index (Phi) is 4.40. The first-order valence-corrected chi connectivity index (χ1v) is 8.15. The molecule has 2 rings (SSSR count). The smallest absolute Gasteiger partial charge is 0.263 e. The van der Waals surface area contributed by atoms with E-state index < -0.39 is 10.0 Å². The second kappa shape index (κ2) is 5.71. The Morgan fingerprint density at radius 2 is 1.79 bits per heavy atom. The first-order valence-electron chi connectivity index (χ1n) is 5.12. The number of hydrogen-bond donors (Lipinski definition) is 1. The fraction of sp³-hybridized carbons (Fsp3) is 0. The van der Waals surface area contributed by atoms with Crippen LogP contribution in [-0.2, 0) is 10.0 Å². The van der Waals surface area contributed by atoms with Gasteiger partial charge in [-0.2, -0.15) is 0 Å². The number of rotatable bonds is 3. The predicted octanol–water partition coefficient (Wildman–Crippen LogP) is 4.56. The molecule has 0 bridgehead atoms. The molecule has 2 aromatic rings. The standard InChI is InChI=1S/C12H8BrCl2NO2S/c13-8-2-1-3-10(6-8)16-19(17,18)12-7-9(14)4-5-11(12)15/h1-7,16H. The number of sulfonamides is 1. The molecule has 0 aliphatic heterocycles. The van der Waals surface area contributed by atoms with Gasteiger partial charge in [-0.05, 0) is 36.4 Å². The van der Waals surface area contributed by atoms with Crippen LogP contribution in [0.5, 0.6) is 0 Å². The van der Waals surface area contributed by atoms with Gasteiger partial charge in [0.15, 0.2) is 0 Å². The van der Waals surface area contributed by atoms with E-state index in [1.807, 2.05) is 0 Å². The van der Waals surface area contributed by atoms with Crippen LogP contribution >= 0.6 is 39.1 Å². The van der Waals surface area contributed by atoms with Crippen LogP contribution in [0.4, 0.5) is 5.69 Å². The first kappa shape index (κ1) is 14.7. The third-order valence-corrected chi connectivity index (χ3v) is 4.85. The van der Waals surface area contributed by atoms with Crippen LogP contribution in [0.2, 0.25) is 10.0 Å². The van der Waals surface area contributed by atoms with Crippen LogP contribution in [0.25, 0.3) is 0 Å². The molecule has 0 aliphatic carbocycles. The predicted molar refractivity (Wildman–Crippen MR) is 81.4 cm³/mol. The van der Waals surface area contributed by atoms with Gasteiger partial charge in [-0.3, -0.25) is 4.72 Å². The van der Waals surface area contributed by atoms with Crippen LogP contribution in [0.1, 0.15) is 0 Å². The van der Waals surface area contributed by atoms with Crippen molar-refractivity contribution in [2.45, 2.75) is 4.90 Å². The van der Waals surface area contributed by atoms with Crippen molar-refractivity contribution in [3.63, 3.8) is 0 Å². The third-order valence-electron chi connectivity index (χ3n) is 2.26. The minimum Gasteiger partial charge on any atom is -0.280 e. The Morgan fingerprint density at radius 3 is 2.47 bits per heavy atom. The lowest BCUT2D eigenvalue weighted by Gasteiger charge is -2.10. The van der Waals surface area contributed by atoms with E-state index in [0.29, 0.717) is 10.7 Å². The van der Waals surface area contributed by atoms with Gasteiger partial charge in [0, 0.05) is 15.2 Å². The summed E-state index contributed by atoms with van der Waals surface area (Å²) < 4.78 is 27.6. The Morgan fingerprint density at radius 1 is 1.05 bits per heavy atom. The van der Waals surface area contributed by atoms with E-state index in [1.165, 1.54) is 18.2 Å². The normalized spacial score (nSPS) is 11.3. The van der Waals surface area contributed by atoms with E-state index in [4.69, 9.17) is 23.2 Å². The zero-order valence-corrected chi connectivity index (χ0v) is 13.3. The van der Waals surface area contributed by atoms with Crippen molar-refractivity contribution in [2.75, 3.05) is 4.72 Å². The highest BCUT2D eigenvalue weighted by molar-refractivity contribution is 9.10. The van der Waals surface area contributed by atoms with E-state index >= 15 is 0 Å². The zero-order valence-electron chi connectivity index (χ0n) is 9.40. The molecule has 0 saturated heterocycles. The maximum absolute atomic E-state index is 12.2. The zero-order chi connectivity index (χ0) is 14.0. The number of hydrogen-bond acceptors (Lipinski definition) is 2. The van der Waals surface area contributed by atoms with Crippen molar-refractivity contribution in [1.29, 1.82) is 0 Å². The van der Waals surface area contributed by atoms with E-state index in [0.717, 1.165) is 4.47 Å². The molecule has 3 nitrogen and oxygen atoms in total. The van der Waals surface area contributed by atoms with Crippen molar-refractivity contribution < 1.29 is 8.42 Å². The van der Waals surface area contributed by atoms with Gasteiger partial charge in [0.2, 0.25) is 0 Å². The molecule has 0 amide bonds. The maximum Gasteiger partial charge on any atom is 0.263 e. The fourth-order valence-corrected chi connectivity index (χ4v) is 3.66. The largest absolute Gasteiger partial charge is 0.280 e. The van der Waals surface area contributed by atoms with Gasteiger partial charge in [0.1, 0.15) is 4.90 Å². The third kappa shape index (κ3) is 3.63. The van der Waals surface area contributed by atoms with Crippen LogP contribution in [0.15, 0.2) is 51.8 Å². The van der Waals surface area contributed by atoms with E-state index in [-0.39, 0.29) is 9.92 Å². The quantitative estimate of drug-likeness (QED) is 0.848. The molecular weight excluding hydrogens is 373 g/mol. The number of anilines is 1. The van der Waals surface area contributed by atoms with Crippen molar-refractivity contribution in [3.05, 3.63) is 57.0 Å². The molecule has 0 atom stereocenters. The monoisotopic (exact) mass is 379 g/mol. The van der Waals surface area contributed by atoms with E-state index in [9.17, 15) is 8.42 Å². The molecule has 0 aliphatic rings. The summed E-state index contributed by atoms with van der Waals surface area (Å²) in [5, 5.41) is 0.422. The lowest BCUT2D eigenvalue weighted by Crippen LogP contribution is -2.13. The number of halogens is 3. The van der Waals surface area contributed by atoms with Gasteiger partial charge in [0.25, 0.3) is 10.0 Å². The molecule has 7 heteroatoms. The summed E-state index contributed by atoms with van der Waals surface area (Å²) in [5.74, 6) is 0. The summed E-state index contributed by atoms with van der Waals surface area (Å²) in [4.78, 5) is -0.0540. The topological polar surface area (TPSA) is 46.2 Å². The molecule has 0 heterocycles. The summed E-state index contributed by atoms with van der Waals surface area (Å²) in [7, 11) is -3.77. The number of benzene rings is 2. The maximum atomic E-state index is 12.2. The number of nitrogens with one attached hydrogen (secondary N) is 1. The summed E-state index contributed by atoms with van der Waals surface area (Å²) in [6.45, 7) is 0. The van der Waals surface area contributed by atoms with Crippen molar-refractivity contribution in [2.24, 2.45) is 0 Å². The van der Waals surface area contributed by atoms with Gasteiger partial charge in [-0.25, -0.2) is 8.42 Å². The minimum absolute atomic E-state index is 0.0540. The summed E-state index contributed by atoms with van der Waals surface area (Å²) in [6, 6.07) is 11.1. The molecule has 0 saturated carbocycles. The Labute approximate surface area is 129 Å². The SMILES string of the molecule is O=S(=O)(Nc1cccc(Br)c1)c1cc(Cl)ccc1Cl.